The van der Waals surface area contributed by atoms with Crippen LogP contribution in [0.5, 0.6) is 0 Å². The molecule has 1 fully saturated rings. The highest BCUT2D eigenvalue weighted by atomic mass is 79.9. The van der Waals surface area contributed by atoms with Gasteiger partial charge in [-0.1, -0.05) is 40.0 Å². The fourth-order valence-corrected chi connectivity index (χ4v) is 5.26. The van der Waals surface area contributed by atoms with Gasteiger partial charge in [0, 0.05) is 29.2 Å². The molecule has 0 aromatic heterocycles. The van der Waals surface area contributed by atoms with Crippen LogP contribution < -0.4 is 5.32 Å². The van der Waals surface area contributed by atoms with Crippen molar-refractivity contribution in [2.24, 2.45) is 0 Å². The van der Waals surface area contributed by atoms with Gasteiger partial charge in [-0.05, 0) is 56.2 Å². The fourth-order valence-electron chi connectivity index (χ4n) is 3.30. The van der Waals surface area contributed by atoms with Crippen LogP contribution in [-0.2, 0) is 14.8 Å². The lowest BCUT2D eigenvalue weighted by Gasteiger charge is -2.34. The van der Waals surface area contributed by atoms with Crippen LogP contribution in [0.3, 0.4) is 0 Å². The number of carbonyl (C=O) groups excluding carboxylic acids is 1. The molecule has 5 nitrogen and oxygen atoms in total. The van der Waals surface area contributed by atoms with Gasteiger partial charge in [0.2, 0.25) is 15.9 Å². The number of anilines is 1. The van der Waals surface area contributed by atoms with Crippen LogP contribution >= 0.6 is 15.9 Å². The first kappa shape index (κ1) is 20.0. The van der Waals surface area contributed by atoms with Gasteiger partial charge in [-0.15, -0.1) is 0 Å². The molecule has 0 saturated carbocycles. The maximum absolute atomic E-state index is 13.1. The topological polar surface area (TPSA) is 66.5 Å². The summed E-state index contributed by atoms with van der Waals surface area (Å²) in [4.78, 5) is 12.8. The second kappa shape index (κ2) is 8.54. The van der Waals surface area contributed by atoms with E-state index in [-0.39, 0.29) is 23.3 Å². The normalized spacial score (nSPS) is 18.2. The minimum Gasteiger partial charge on any atom is -0.326 e. The van der Waals surface area contributed by atoms with Gasteiger partial charge in [-0.3, -0.25) is 4.79 Å². The zero-order valence-electron chi connectivity index (χ0n) is 15.2. The molecule has 1 heterocycles. The van der Waals surface area contributed by atoms with E-state index in [0.717, 1.165) is 22.9 Å². The molecule has 1 amide bonds. The highest BCUT2D eigenvalue weighted by Gasteiger charge is 2.34. The molecule has 2 aromatic carbocycles. The Balaban J connectivity index is 1.73. The third-order valence-corrected chi connectivity index (χ3v) is 7.24. The molecule has 2 aromatic rings. The summed E-state index contributed by atoms with van der Waals surface area (Å²) in [6, 6.07) is 13.9. The van der Waals surface area contributed by atoms with Gasteiger partial charge in [0.15, 0.2) is 0 Å². The molecule has 1 aliphatic rings. The Kier molecular flexibility index (Phi) is 6.34. The number of piperidine rings is 1. The van der Waals surface area contributed by atoms with Crippen molar-refractivity contribution in [1.29, 1.82) is 0 Å². The molecule has 1 N–H and O–H groups in total. The Labute approximate surface area is 169 Å². The number of benzene rings is 2. The Hall–Kier alpha value is -1.70. The van der Waals surface area contributed by atoms with E-state index in [1.807, 2.05) is 31.2 Å². The van der Waals surface area contributed by atoms with Crippen molar-refractivity contribution < 1.29 is 13.2 Å². The van der Waals surface area contributed by atoms with Crippen LogP contribution in [0, 0.1) is 6.92 Å². The highest BCUT2D eigenvalue weighted by molar-refractivity contribution is 9.10. The number of hydrogen-bond donors (Lipinski definition) is 1. The molecule has 0 aliphatic carbocycles. The van der Waals surface area contributed by atoms with Gasteiger partial charge in [0.05, 0.1) is 4.90 Å². The van der Waals surface area contributed by atoms with Gasteiger partial charge >= 0.3 is 0 Å². The van der Waals surface area contributed by atoms with Gasteiger partial charge in [-0.25, -0.2) is 8.42 Å². The van der Waals surface area contributed by atoms with Gasteiger partial charge in [0.25, 0.3) is 0 Å². The molecule has 0 radical (unpaired) electrons. The van der Waals surface area contributed by atoms with Crippen LogP contribution in [0.4, 0.5) is 5.69 Å². The molecule has 3 rings (SSSR count). The number of sulfonamides is 1. The van der Waals surface area contributed by atoms with Gasteiger partial charge in [-0.2, -0.15) is 4.31 Å². The van der Waals surface area contributed by atoms with Crippen molar-refractivity contribution in [3.8, 4) is 0 Å². The molecule has 0 bridgehead atoms. The second-order valence-electron chi connectivity index (χ2n) is 6.84. The van der Waals surface area contributed by atoms with Gasteiger partial charge < -0.3 is 5.32 Å². The van der Waals surface area contributed by atoms with Crippen LogP contribution in [0.15, 0.2) is 57.9 Å². The number of halogens is 1. The summed E-state index contributed by atoms with van der Waals surface area (Å²) in [5, 5.41) is 2.85. The predicted octanol–water partition coefficient (Wildman–Crippen LogP) is 4.33. The first-order valence-electron chi connectivity index (χ1n) is 9.00. The van der Waals surface area contributed by atoms with E-state index >= 15 is 0 Å². The minimum atomic E-state index is -3.60. The lowest BCUT2D eigenvalue weighted by molar-refractivity contribution is -0.117. The van der Waals surface area contributed by atoms with E-state index in [1.165, 1.54) is 4.31 Å². The van der Waals surface area contributed by atoms with E-state index in [0.29, 0.717) is 18.7 Å². The van der Waals surface area contributed by atoms with Crippen LogP contribution in [0.2, 0.25) is 0 Å². The van der Waals surface area contributed by atoms with Crippen molar-refractivity contribution in [3.05, 3.63) is 58.6 Å². The zero-order chi connectivity index (χ0) is 19.4. The van der Waals surface area contributed by atoms with Crippen molar-refractivity contribution >= 4 is 37.5 Å². The second-order valence-corrected chi connectivity index (χ2v) is 9.64. The standard InChI is InChI=1S/C20H23BrN2O3S/c1-15-5-11-19(12-6-15)27(25,26)23-13-3-2-4-18(23)14-20(24)22-17-9-7-16(21)8-10-17/h5-12,18H,2-4,13-14H2,1H3,(H,22,24). The Bertz CT molecular complexity index is 896. The number of rotatable bonds is 5. The zero-order valence-corrected chi connectivity index (χ0v) is 17.6. The molecule has 1 unspecified atom stereocenters. The molecule has 1 atom stereocenters. The third kappa shape index (κ3) is 4.97. The quantitative estimate of drug-likeness (QED) is 0.736. The highest BCUT2D eigenvalue weighted by Crippen LogP contribution is 2.27. The minimum absolute atomic E-state index is 0.154. The molecular formula is C20H23BrN2O3S. The van der Waals surface area contributed by atoms with Crippen LogP contribution in [0.25, 0.3) is 0 Å². The van der Waals surface area contributed by atoms with Crippen LogP contribution in [-0.4, -0.2) is 31.2 Å². The number of hydrogen-bond acceptors (Lipinski definition) is 3. The molecule has 0 spiro atoms. The summed E-state index contributed by atoms with van der Waals surface area (Å²) >= 11 is 3.36. The first-order valence-corrected chi connectivity index (χ1v) is 11.2. The van der Waals surface area contributed by atoms with Crippen molar-refractivity contribution in [2.45, 2.75) is 43.5 Å². The van der Waals surface area contributed by atoms with E-state index in [1.54, 1.807) is 24.3 Å². The van der Waals surface area contributed by atoms with Crippen LogP contribution in [0.1, 0.15) is 31.2 Å². The fraction of sp³-hybridized carbons (Fsp3) is 0.350. The molecule has 144 valence electrons. The first-order chi connectivity index (χ1) is 12.9. The third-order valence-electron chi connectivity index (χ3n) is 4.75. The molecule has 7 heteroatoms. The monoisotopic (exact) mass is 450 g/mol. The Morgan fingerprint density at radius 1 is 1.11 bits per heavy atom. The maximum Gasteiger partial charge on any atom is 0.243 e. The molecular weight excluding hydrogens is 428 g/mol. The molecule has 1 saturated heterocycles. The predicted molar refractivity (Wildman–Crippen MR) is 110 cm³/mol. The Morgan fingerprint density at radius 2 is 1.78 bits per heavy atom. The van der Waals surface area contributed by atoms with E-state index in [4.69, 9.17) is 0 Å². The van der Waals surface area contributed by atoms with E-state index in [9.17, 15) is 13.2 Å². The van der Waals surface area contributed by atoms with E-state index < -0.39 is 10.0 Å². The Morgan fingerprint density at radius 3 is 2.44 bits per heavy atom. The number of nitrogens with one attached hydrogen (secondary N) is 1. The SMILES string of the molecule is Cc1ccc(S(=O)(=O)N2CCCCC2CC(=O)Nc2ccc(Br)cc2)cc1. The molecule has 1 aliphatic heterocycles. The summed E-state index contributed by atoms with van der Waals surface area (Å²) in [7, 11) is -3.60. The average Bonchev–Trinajstić information content (AvgIpc) is 2.64. The average molecular weight is 451 g/mol. The van der Waals surface area contributed by atoms with Gasteiger partial charge in [0.1, 0.15) is 0 Å². The number of carbonyl (C=O) groups is 1. The number of nitrogens with zero attached hydrogens (tertiary/aromatic N) is 1. The summed E-state index contributed by atoms with van der Waals surface area (Å²) in [6.07, 6.45) is 2.59. The summed E-state index contributed by atoms with van der Waals surface area (Å²) in [5.41, 5.74) is 1.71. The van der Waals surface area contributed by atoms with Crippen molar-refractivity contribution in [2.75, 3.05) is 11.9 Å². The summed E-state index contributed by atoms with van der Waals surface area (Å²) < 4.78 is 28.6. The van der Waals surface area contributed by atoms with Crippen molar-refractivity contribution in [1.82, 2.24) is 4.31 Å². The number of amides is 1. The molecule has 27 heavy (non-hydrogen) atoms. The number of aryl methyl sites for hydroxylation is 1. The largest absolute Gasteiger partial charge is 0.326 e. The van der Waals surface area contributed by atoms with Crippen molar-refractivity contribution in [3.63, 3.8) is 0 Å². The summed E-state index contributed by atoms with van der Waals surface area (Å²) in [5.74, 6) is -0.173. The van der Waals surface area contributed by atoms with E-state index in [2.05, 4.69) is 21.2 Å². The smallest absolute Gasteiger partial charge is 0.243 e. The maximum atomic E-state index is 13.1. The lowest BCUT2D eigenvalue weighted by atomic mass is 10.0. The summed E-state index contributed by atoms with van der Waals surface area (Å²) in [6.45, 7) is 2.37. The lowest BCUT2D eigenvalue weighted by Crippen LogP contribution is -2.45.